The predicted molar refractivity (Wildman–Crippen MR) is 166 cm³/mol. The van der Waals surface area contributed by atoms with Crippen molar-refractivity contribution < 1.29 is 29.1 Å². The Morgan fingerprint density at radius 1 is 1.09 bits per heavy atom. The monoisotopic (exact) mass is 587 g/mol. The number of carboxylic acid groups (broad SMARTS) is 1. The Morgan fingerprint density at radius 3 is 2.67 bits per heavy atom. The molecule has 1 atom stereocenters. The van der Waals surface area contributed by atoms with Gasteiger partial charge in [0.1, 0.15) is 18.4 Å². The van der Waals surface area contributed by atoms with E-state index in [1.54, 1.807) is 0 Å². The number of carbonyl (C=O) groups is 3. The lowest BCUT2D eigenvalue weighted by molar-refractivity contribution is -0.177. The van der Waals surface area contributed by atoms with Gasteiger partial charge in [-0.25, -0.2) is 5.06 Å². The molecule has 1 aliphatic rings. The Bertz CT molecular complexity index is 1420. The zero-order valence-electron chi connectivity index (χ0n) is 25.0. The van der Waals surface area contributed by atoms with Crippen LogP contribution in [-0.2, 0) is 32.2 Å². The number of ether oxygens (including phenoxy) is 1. The van der Waals surface area contributed by atoms with Gasteiger partial charge in [0.05, 0.1) is 6.61 Å². The molecule has 1 aliphatic heterocycles. The van der Waals surface area contributed by atoms with Crippen molar-refractivity contribution in [3.05, 3.63) is 82.9 Å². The smallest absolute Gasteiger partial charge is 0.320 e. The van der Waals surface area contributed by atoms with E-state index in [0.29, 0.717) is 38.8 Å². The molecule has 2 amide bonds. The minimum atomic E-state index is -1.07. The SMILES string of the molecule is Cc1cccc(OCCCC(=O)N2CCCc3c(-c4cccc(CON(C=O)CCC[C@H](N)C(=O)O)c4)cccc32)c1C. The fourth-order valence-electron chi connectivity index (χ4n) is 5.30. The quantitative estimate of drug-likeness (QED) is 0.143. The van der Waals surface area contributed by atoms with Gasteiger partial charge in [-0.1, -0.05) is 42.5 Å². The summed E-state index contributed by atoms with van der Waals surface area (Å²) in [5.74, 6) is -0.0972. The first kappa shape index (κ1) is 31.7. The molecule has 0 aliphatic carbocycles. The molecule has 0 saturated heterocycles. The van der Waals surface area contributed by atoms with Crippen LogP contribution in [0.5, 0.6) is 5.75 Å². The Balaban J connectivity index is 1.37. The zero-order chi connectivity index (χ0) is 30.8. The Kier molecular flexibility index (Phi) is 11.3. The van der Waals surface area contributed by atoms with Gasteiger partial charge in [-0.3, -0.25) is 19.2 Å². The number of rotatable bonds is 15. The normalized spacial score (nSPS) is 13.2. The third kappa shape index (κ3) is 8.43. The topological polar surface area (TPSA) is 122 Å². The second-order valence-electron chi connectivity index (χ2n) is 10.9. The number of benzene rings is 3. The van der Waals surface area contributed by atoms with E-state index in [4.69, 9.17) is 20.4 Å². The van der Waals surface area contributed by atoms with Gasteiger partial charge < -0.3 is 20.5 Å². The summed E-state index contributed by atoms with van der Waals surface area (Å²) < 4.78 is 5.96. The summed E-state index contributed by atoms with van der Waals surface area (Å²) in [6.45, 7) is 5.72. The summed E-state index contributed by atoms with van der Waals surface area (Å²) in [5, 5.41) is 10.1. The fraction of sp³-hybridized carbons (Fsp3) is 0.382. The van der Waals surface area contributed by atoms with Crippen molar-refractivity contribution in [2.24, 2.45) is 5.73 Å². The number of carboxylic acids is 1. The van der Waals surface area contributed by atoms with Crippen LogP contribution in [0.4, 0.5) is 5.69 Å². The number of fused-ring (bicyclic) bond motifs is 1. The largest absolute Gasteiger partial charge is 0.493 e. The van der Waals surface area contributed by atoms with Crippen molar-refractivity contribution in [1.82, 2.24) is 5.06 Å². The average molecular weight is 588 g/mol. The van der Waals surface area contributed by atoms with Gasteiger partial charge in [0.25, 0.3) is 0 Å². The van der Waals surface area contributed by atoms with Crippen molar-refractivity contribution in [2.45, 2.75) is 65.0 Å². The van der Waals surface area contributed by atoms with Gasteiger partial charge in [0, 0.05) is 25.2 Å². The minimum absolute atomic E-state index is 0.100. The number of hydrogen-bond acceptors (Lipinski definition) is 6. The van der Waals surface area contributed by atoms with Gasteiger partial charge in [0.2, 0.25) is 12.3 Å². The highest BCUT2D eigenvalue weighted by atomic mass is 16.7. The molecule has 43 heavy (non-hydrogen) atoms. The van der Waals surface area contributed by atoms with Crippen molar-refractivity contribution >= 4 is 24.0 Å². The highest BCUT2D eigenvalue weighted by Gasteiger charge is 2.24. The molecule has 4 rings (SSSR count). The van der Waals surface area contributed by atoms with E-state index in [-0.39, 0.29) is 25.5 Å². The molecule has 3 aromatic carbocycles. The molecule has 0 fully saturated rings. The van der Waals surface area contributed by atoms with Crippen LogP contribution >= 0.6 is 0 Å². The van der Waals surface area contributed by atoms with Gasteiger partial charge in [0.15, 0.2) is 0 Å². The minimum Gasteiger partial charge on any atom is -0.493 e. The van der Waals surface area contributed by atoms with E-state index < -0.39 is 12.0 Å². The second-order valence-corrected chi connectivity index (χ2v) is 10.9. The molecule has 228 valence electrons. The lowest BCUT2D eigenvalue weighted by Crippen LogP contribution is -2.35. The molecule has 9 nitrogen and oxygen atoms in total. The van der Waals surface area contributed by atoms with Crippen LogP contribution in [0.1, 0.15) is 54.4 Å². The van der Waals surface area contributed by atoms with Crippen LogP contribution in [0.15, 0.2) is 60.7 Å². The summed E-state index contributed by atoms with van der Waals surface area (Å²) in [6, 6.07) is 19.1. The first-order valence-corrected chi connectivity index (χ1v) is 14.8. The van der Waals surface area contributed by atoms with E-state index in [9.17, 15) is 14.4 Å². The second kappa shape index (κ2) is 15.3. The summed E-state index contributed by atoms with van der Waals surface area (Å²) in [6.07, 6.45) is 4.07. The maximum Gasteiger partial charge on any atom is 0.320 e. The van der Waals surface area contributed by atoms with Crippen LogP contribution < -0.4 is 15.4 Å². The van der Waals surface area contributed by atoms with E-state index in [0.717, 1.165) is 52.1 Å². The third-order valence-electron chi connectivity index (χ3n) is 7.86. The van der Waals surface area contributed by atoms with Crippen molar-refractivity contribution in [3.63, 3.8) is 0 Å². The predicted octanol–water partition coefficient (Wildman–Crippen LogP) is 5.19. The first-order valence-electron chi connectivity index (χ1n) is 14.8. The number of anilines is 1. The number of aryl methyl sites for hydroxylation is 1. The molecule has 3 N–H and O–H groups in total. The number of carbonyl (C=O) groups excluding carboxylic acids is 2. The molecular weight excluding hydrogens is 546 g/mol. The Labute approximate surface area is 253 Å². The molecule has 0 radical (unpaired) electrons. The van der Waals surface area contributed by atoms with E-state index in [2.05, 4.69) is 19.1 Å². The Hall–Kier alpha value is -4.21. The lowest BCUT2D eigenvalue weighted by Gasteiger charge is -2.31. The average Bonchev–Trinajstić information content (AvgIpc) is 3.02. The van der Waals surface area contributed by atoms with Crippen molar-refractivity contribution in [3.8, 4) is 16.9 Å². The zero-order valence-corrected chi connectivity index (χ0v) is 25.0. The molecule has 0 saturated carbocycles. The van der Waals surface area contributed by atoms with Crippen LogP contribution in [-0.4, -0.2) is 54.2 Å². The molecule has 0 aromatic heterocycles. The van der Waals surface area contributed by atoms with Gasteiger partial charge in [-0.05, 0) is 97.5 Å². The third-order valence-corrected chi connectivity index (χ3v) is 7.86. The molecular formula is C34H41N3O6. The van der Waals surface area contributed by atoms with E-state index in [1.165, 1.54) is 10.6 Å². The Morgan fingerprint density at radius 2 is 1.88 bits per heavy atom. The van der Waals surface area contributed by atoms with Crippen LogP contribution in [0, 0.1) is 13.8 Å². The number of amides is 2. The van der Waals surface area contributed by atoms with E-state index in [1.807, 2.05) is 60.4 Å². The maximum absolute atomic E-state index is 13.3. The summed E-state index contributed by atoms with van der Waals surface area (Å²) >= 11 is 0. The van der Waals surface area contributed by atoms with Gasteiger partial charge >= 0.3 is 5.97 Å². The van der Waals surface area contributed by atoms with E-state index >= 15 is 0 Å². The standard InChI is InChI=1S/C34H41N3O6/c1-24-9-3-16-32(25(24)2)42-20-8-17-33(39)37-19-6-13-29-28(12-5-15-31(29)37)27-11-4-10-26(21-27)22-43-36(23-38)18-7-14-30(35)34(40)41/h3-5,9-12,15-16,21,23,30H,6-8,13-14,17-20,22,35H2,1-2H3,(H,40,41)/t30-/m0/s1. The number of hydroxylamine groups is 2. The summed E-state index contributed by atoms with van der Waals surface area (Å²) in [7, 11) is 0. The fourth-order valence-corrected chi connectivity index (χ4v) is 5.30. The summed E-state index contributed by atoms with van der Waals surface area (Å²) in [4.78, 5) is 43.2. The highest BCUT2D eigenvalue weighted by Crippen LogP contribution is 2.36. The molecule has 0 unspecified atom stereocenters. The highest BCUT2D eigenvalue weighted by molar-refractivity contribution is 5.96. The number of hydrogen-bond donors (Lipinski definition) is 2. The van der Waals surface area contributed by atoms with Crippen LogP contribution in [0.2, 0.25) is 0 Å². The van der Waals surface area contributed by atoms with Crippen LogP contribution in [0.25, 0.3) is 11.1 Å². The van der Waals surface area contributed by atoms with Gasteiger partial charge in [-0.15, -0.1) is 0 Å². The van der Waals surface area contributed by atoms with Crippen LogP contribution in [0.3, 0.4) is 0 Å². The number of nitrogens with two attached hydrogens (primary N) is 1. The molecule has 3 aromatic rings. The number of nitrogens with zero attached hydrogens (tertiary/aromatic N) is 2. The molecule has 0 spiro atoms. The lowest BCUT2D eigenvalue weighted by atomic mass is 9.91. The molecule has 9 heteroatoms. The number of aliphatic carboxylic acids is 1. The molecule has 0 bridgehead atoms. The van der Waals surface area contributed by atoms with Crippen molar-refractivity contribution in [1.29, 1.82) is 0 Å². The summed E-state index contributed by atoms with van der Waals surface area (Å²) in [5.41, 5.74) is 12.9. The van der Waals surface area contributed by atoms with Crippen molar-refractivity contribution in [2.75, 3.05) is 24.6 Å². The van der Waals surface area contributed by atoms with Gasteiger partial charge in [-0.2, -0.15) is 0 Å². The molecule has 1 heterocycles. The first-order chi connectivity index (χ1) is 20.8. The maximum atomic E-state index is 13.3.